The molecule has 0 aromatic heterocycles. The van der Waals surface area contributed by atoms with Crippen LogP contribution in [0, 0.1) is 5.92 Å². The van der Waals surface area contributed by atoms with Crippen LogP contribution in [0.2, 0.25) is 0 Å². The Balaban J connectivity index is 2.16. The van der Waals surface area contributed by atoms with Crippen molar-refractivity contribution in [2.75, 3.05) is 19.7 Å². The van der Waals surface area contributed by atoms with Gasteiger partial charge in [0.2, 0.25) is 5.91 Å². The van der Waals surface area contributed by atoms with E-state index >= 15 is 0 Å². The number of rotatable bonds is 6. The van der Waals surface area contributed by atoms with Gasteiger partial charge in [0, 0.05) is 18.7 Å². The second kappa shape index (κ2) is 6.36. The predicted octanol–water partition coefficient (Wildman–Crippen LogP) is 1.31. The standard InChI is InChI=1S/C13H26N2O2/c1-5-13(3,4)15-12(16)9-14-8-11-6-7-17-10(11)2/h10-11,14H,5-9H2,1-4H3,(H,15,16). The lowest BCUT2D eigenvalue weighted by Crippen LogP contribution is -2.47. The van der Waals surface area contributed by atoms with Crippen LogP contribution in [0.15, 0.2) is 0 Å². The first-order valence-electron chi connectivity index (χ1n) is 6.58. The topological polar surface area (TPSA) is 50.4 Å². The molecule has 2 unspecified atom stereocenters. The van der Waals surface area contributed by atoms with Gasteiger partial charge in [0.25, 0.3) is 0 Å². The van der Waals surface area contributed by atoms with Crippen molar-refractivity contribution in [3.05, 3.63) is 0 Å². The van der Waals surface area contributed by atoms with E-state index in [1.54, 1.807) is 0 Å². The van der Waals surface area contributed by atoms with E-state index in [1.807, 2.05) is 13.8 Å². The Morgan fingerprint density at radius 1 is 1.47 bits per heavy atom. The van der Waals surface area contributed by atoms with E-state index in [-0.39, 0.29) is 11.4 Å². The van der Waals surface area contributed by atoms with Crippen LogP contribution in [0.4, 0.5) is 0 Å². The lowest BCUT2D eigenvalue weighted by Gasteiger charge is -2.24. The third-order valence-corrected chi connectivity index (χ3v) is 3.59. The van der Waals surface area contributed by atoms with E-state index in [2.05, 4.69) is 24.5 Å². The molecule has 0 saturated carbocycles. The summed E-state index contributed by atoms with van der Waals surface area (Å²) in [7, 11) is 0. The van der Waals surface area contributed by atoms with E-state index in [9.17, 15) is 4.79 Å². The molecule has 0 aliphatic carbocycles. The van der Waals surface area contributed by atoms with Crippen LogP contribution in [0.5, 0.6) is 0 Å². The second-order valence-corrected chi connectivity index (χ2v) is 5.54. The Hall–Kier alpha value is -0.610. The van der Waals surface area contributed by atoms with Crippen LogP contribution in [0.3, 0.4) is 0 Å². The average Bonchev–Trinajstić information content (AvgIpc) is 2.64. The molecule has 0 radical (unpaired) electrons. The minimum absolute atomic E-state index is 0.0726. The molecule has 0 spiro atoms. The molecule has 2 N–H and O–H groups in total. The highest BCUT2D eigenvalue weighted by Crippen LogP contribution is 2.19. The first kappa shape index (κ1) is 14.5. The van der Waals surface area contributed by atoms with Crippen molar-refractivity contribution in [2.45, 2.75) is 52.2 Å². The summed E-state index contributed by atoms with van der Waals surface area (Å²) < 4.78 is 5.48. The van der Waals surface area contributed by atoms with E-state index in [1.165, 1.54) is 0 Å². The quantitative estimate of drug-likeness (QED) is 0.738. The summed E-state index contributed by atoms with van der Waals surface area (Å²) in [5.74, 6) is 0.616. The van der Waals surface area contributed by atoms with Crippen molar-refractivity contribution >= 4 is 5.91 Å². The number of ether oxygens (including phenoxy) is 1. The van der Waals surface area contributed by atoms with Gasteiger partial charge < -0.3 is 15.4 Å². The van der Waals surface area contributed by atoms with Crippen molar-refractivity contribution in [1.82, 2.24) is 10.6 Å². The molecule has 1 heterocycles. The predicted molar refractivity (Wildman–Crippen MR) is 68.9 cm³/mol. The summed E-state index contributed by atoms with van der Waals surface area (Å²) in [6.07, 6.45) is 2.35. The number of hydrogen-bond donors (Lipinski definition) is 2. The third-order valence-electron chi connectivity index (χ3n) is 3.59. The van der Waals surface area contributed by atoms with E-state index in [0.717, 1.165) is 26.0 Å². The number of amides is 1. The molecule has 1 fully saturated rings. The molecule has 100 valence electrons. The maximum Gasteiger partial charge on any atom is 0.234 e. The maximum atomic E-state index is 11.7. The van der Waals surface area contributed by atoms with Gasteiger partial charge in [0.15, 0.2) is 0 Å². The molecule has 2 atom stereocenters. The van der Waals surface area contributed by atoms with Crippen molar-refractivity contribution in [2.24, 2.45) is 5.92 Å². The average molecular weight is 242 g/mol. The van der Waals surface area contributed by atoms with Crippen LogP contribution >= 0.6 is 0 Å². The van der Waals surface area contributed by atoms with Crippen LogP contribution in [-0.2, 0) is 9.53 Å². The largest absolute Gasteiger partial charge is 0.378 e. The molecule has 1 saturated heterocycles. The SMILES string of the molecule is CCC(C)(C)NC(=O)CNCC1CCOC1C. The molecule has 0 aromatic carbocycles. The molecule has 1 amide bonds. The summed E-state index contributed by atoms with van der Waals surface area (Å²) >= 11 is 0. The summed E-state index contributed by atoms with van der Waals surface area (Å²) in [5, 5.41) is 6.22. The third kappa shape index (κ3) is 5.04. The fourth-order valence-corrected chi connectivity index (χ4v) is 1.93. The second-order valence-electron chi connectivity index (χ2n) is 5.54. The van der Waals surface area contributed by atoms with Crippen molar-refractivity contribution in [3.8, 4) is 0 Å². The van der Waals surface area contributed by atoms with Gasteiger partial charge in [0.1, 0.15) is 0 Å². The van der Waals surface area contributed by atoms with Gasteiger partial charge in [-0.2, -0.15) is 0 Å². The highest BCUT2D eigenvalue weighted by molar-refractivity contribution is 5.78. The summed E-state index contributed by atoms with van der Waals surface area (Å²) in [5.41, 5.74) is -0.109. The van der Waals surface area contributed by atoms with E-state index < -0.39 is 0 Å². The molecule has 1 aliphatic rings. The van der Waals surface area contributed by atoms with Crippen LogP contribution in [-0.4, -0.2) is 37.2 Å². The minimum Gasteiger partial charge on any atom is -0.378 e. The Morgan fingerprint density at radius 3 is 2.71 bits per heavy atom. The normalized spacial score (nSPS) is 24.9. The highest BCUT2D eigenvalue weighted by Gasteiger charge is 2.24. The van der Waals surface area contributed by atoms with Gasteiger partial charge >= 0.3 is 0 Å². The molecule has 4 nitrogen and oxygen atoms in total. The zero-order valence-corrected chi connectivity index (χ0v) is 11.5. The molecular weight excluding hydrogens is 216 g/mol. The zero-order chi connectivity index (χ0) is 12.9. The van der Waals surface area contributed by atoms with Gasteiger partial charge in [-0.05, 0) is 39.5 Å². The van der Waals surface area contributed by atoms with Gasteiger partial charge in [-0.3, -0.25) is 4.79 Å². The fourth-order valence-electron chi connectivity index (χ4n) is 1.93. The Kier molecular flexibility index (Phi) is 5.40. The van der Waals surface area contributed by atoms with Gasteiger partial charge in [-0.25, -0.2) is 0 Å². The summed E-state index contributed by atoms with van der Waals surface area (Å²) in [6, 6.07) is 0. The molecule has 4 heteroatoms. The number of carbonyl (C=O) groups is 1. The smallest absolute Gasteiger partial charge is 0.234 e. The van der Waals surface area contributed by atoms with Gasteiger partial charge in [-0.15, -0.1) is 0 Å². The molecule has 1 rings (SSSR count). The number of hydrogen-bond acceptors (Lipinski definition) is 3. The van der Waals surface area contributed by atoms with Gasteiger partial charge in [0.05, 0.1) is 12.6 Å². The lowest BCUT2D eigenvalue weighted by atomic mass is 10.0. The van der Waals surface area contributed by atoms with Crippen LogP contribution in [0.1, 0.15) is 40.5 Å². The van der Waals surface area contributed by atoms with E-state index in [4.69, 9.17) is 4.74 Å². The zero-order valence-electron chi connectivity index (χ0n) is 11.5. The number of nitrogens with one attached hydrogen (secondary N) is 2. The van der Waals surface area contributed by atoms with Gasteiger partial charge in [-0.1, -0.05) is 6.92 Å². The lowest BCUT2D eigenvalue weighted by molar-refractivity contribution is -0.121. The molecule has 0 bridgehead atoms. The van der Waals surface area contributed by atoms with Crippen molar-refractivity contribution < 1.29 is 9.53 Å². The van der Waals surface area contributed by atoms with Crippen molar-refractivity contribution in [3.63, 3.8) is 0 Å². The van der Waals surface area contributed by atoms with E-state index in [0.29, 0.717) is 18.6 Å². The molecule has 17 heavy (non-hydrogen) atoms. The Bertz CT molecular complexity index is 254. The van der Waals surface area contributed by atoms with Crippen LogP contribution in [0.25, 0.3) is 0 Å². The molecular formula is C13H26N2O2. The Morgan fingerprint density at radius 2 is 2.18 bits per heavy atom. The Labute approximate surface area is 104 Å². The first-order valence-corrected chi connectivity index (χ1v) is 6.58. The highest BCUT2D eigenvalue weighted by atomic mass is 16.5. The monoisotopic (exact) mass is 242 g/mol. The first-order chi connectivity index (χ1) is 7.94. The molecule has 0 aromatic rings. The van der Waals surface area contributed by atoms with Crippen LogP contribution < -0.4 is 10.6 Å². The maximum absolute atomic E-state index is 11.7. The summed E-state index contributed by atoms with van der Waals surface area (Å²) in [6.45, 7) is 10.4. The number of carbonyl (C=O) groups excluding carboxylic acids is 1. The summed E-state index contributed by atoms with van der Waals surface area (Å²) in [4.78, 5) is 11.7. The molecule has 1 aliphatic heterocycles. The fraction of sp³-hybridized carbons (Fsp3) is 0.923. The minimum atomic E-state index is -0.109. The van der Waals surface area contributed by atoms with Crippen molar-refractivity contribution in [1.29, 1.82) is 0 Å².